The lowest BCUT2D eigenvalue weighted by Gasteiger charge is -2.14. The Balaban J connectivity index is 2.21. The second kappa shape index (κ2) is 4.42. The van der Waals surface area contributed by atoms with Gasteiger partial charge in [-0.1, -0.05) is 0 Å². The van der Waals surface area contributed by atoms with Gasteiger partial charge in [0.25, 0.3) is 0 Å². The lowest BCUT2D eigenvalue weighted by atomic mass is 10.3. The van der Waals surface area contributed by atoms with Crippen LogP contribution < -0.4 is 5.32 Å². The highest BCUT2D eigenvalue weighted by Crippen LogP contribution is 2.07. The maximum atomic E-state index is 10.7. The SMILES string of the molecule is CC(=O)NC1CCN(CCO)C1. The number of aliphatic hydroxyl groups is 1. The average Bonchev–Trinajstić information content (AvgIpc) is 2.36. The third kappa shape index (κ3) is 2.79. The van der Waals surface area contributed by atoms with E-state index in [4.69, 9.17) is 5.11 Å². The van der Waals surface area contributed by atoms with E-state index in [0.29, 0.717) is 0 Å². The second-order valence-corrected chi connectivity index (χ2v) is 3.21. The predicted octanol–water partition coefficient (Wildman–Crippen LogP) is -0.811. The molecule has 1 unspecified atom stereocenters. The van der Waals surface area contributed by atoms with Gasteiger partial charge >= 0.3 is 0 Å². The van der Waals surface area contributed by atoms with Crippen molar-refractivity contribution >= 4 is 5.91 Å². The van der Waals surface area contributed by atoms with Gasteiger partial charge in [0.2, 0.25) is 5.91 Å². The van der Waals surface area contributed by atoms with E-state index in [2.05, 4.69) is 10.2 Å². The van der Waals surface area contributed by atoms with Crippen LogP contribution in [0.3, 0.4) is 0 Å². The van der Waals surface area contributed by atoms with E-state index >= 15 is 0 Å². The molecule has 0 radical (unpaired) electrons. The smallest absolute Gasteiger partial charge is 0.217 e. The van der Waals surface area contributed by atoms with E-state index in [1.54, 1.807) is 0 Å². The number of carbonyl (C=O) groups is 1. The van der Waals surface area contributed by atoms with Crippen LogP contribution in [0.1, 0.15) is 13.3 Å². The third-order valence-corrected chi connectivity index (χ3v) is 2.10. The molecule has 1 saturated heterocycles. The van der Waals surface area contributed by atoms with Crippen LogP contribution in [0.25, 0.3) is 0 Å². The lowest BCUT2D eigenvalue weighted by Crippen LogP contribution is -2.36. The molecule has 0 aromatic heterocycles. The Morgan fingerprint density at radius 3 is 3.08 bits per heavy atom. The fourth-order valence-electron chi connectivity index (χ4n) is 1.58. The standard InChI is InChI=1S/C8H16N2O2/c1-7(12)9-8-2-3-10(6-8)4-5-11/h8,11H,2-6H2,1H3,(H,9,12). The molecule has 12 heavy (non-hydrogen) atoms. The van der Waals surface area contributed by atoms with E-state index in [9.17, 15) is 4.79 Å². The van der Waals surface area contributed by atoms with Crippen LogP contribution in [0, 0.1) is 0 Å². The van der Waals surface area contributed by atoms with Gasteiger partial charge in [0.15, 0.2) is 0 Å². The first-order chi connectivity index (χ1) is 5.72. The Kier molecular flexibility index (Phi) is 3.49. The number of aliphatic hydroxyl groups excluding tert-OH is 1. The molecule has 4 heteroatoms. The number of β-amino-alcohol motifs (C(OH)–C–C–N with tert-alkyl or cyclic N) is 1. The van der Waals surface area contributed by atoms with Crippen LogP contribution in [0.4, 0.5) is 0 Å². The number of hydrogen-bond acceptors (Lipinski definition) is 3. The number of amides is 1. The van der Waals surface area contributed by atoms with E-state index in [1.165, 1.54) is 6.92 Å². The first kappa shape index (κ1) is 9.48. The molecule has 1 heterocycles. The maximum Gasteiger partial charge on any atom is 0.217 e. The number of hydrogen-bond donors (Lipinski definition) is 2. The summed E-state index contributed by atoms with van der Waals surface area (Å²) < 4.78 is 0. The zero-order valence-corrected chi connectivity index (χ0v) is 7.42. The van der Waals surface area contributed by atoms with Crippen LogP contribution in [0.2, 0.25) is 0 Å². The van der Waals surface area contributed by atoms with Crippen molar-refractivity contribution in [1.82, 2.24) is 10.2 Å². The van der Waals surface area contributed by atoms with Crippen molar-refractivity contribution in [1.29, 1.82) is 0 Å². The molecular weight excluding hydrogens is 156 g/mol. The van der Waals surface area contributed by atoms with Gasteiger partial charge in [-0.2, -0.15) is 0 Å². The summed E-state index contributed by atoms with van der Waals surface area (Å²) >= 11 is 0. The molecule has 0 aromatic carbocycles. The van der Waals surface area contributed by atoms with Crippen molar-refractivity contribution in [2.75, 3.05) is 26.2 Å². The Morgan fingerprint density at radius 2 is 2.50 bits per heavy atom. The first-order valence-electron chi connectivity index (χ1n) is 4.32. The van der Waals surface area contributed by atoms with E-state index in [-0.39, 0.29) is 18.6 Å². The number of carbonyl (C=O) groups excluding carboxylic acids is 1. The second-order valence-electron chi connectivity index (χ2n) is 3.21. The van der Waals surface area contributed by atoms with Gasteiger partial charge in [-0.25, -0.2) is 0 Å². The largest absolute Gasteiger partial charge is 0.395 e. The molecule has 2 N–H and O–H groups in total. The van der Waals surface area contributed by atoms with Crippen LogP contribution in [-0.2, 0) is 4.79 Å². The number of nitrogens with zero attached hydrogens (tertiary/aromatic N) is 1. The molecule has 1 aliphatic rings. The van der Waals surface area contributed by atoms with Crippen molar-refractivity contribution < 1.29 is 9.90 Å². The lowest BCUT2D eigenvalue weighted by molar-refractivity contribution is -0.119. The van der Waals surface area contributed by atoms with Gasteiger partial charge < -0.3 is 10.4 Å². The molecule has 1 fully saturated rings. The van der Waals surface area contributed by atoms with Gasteiger partial charge in [-0.05, 0) is 6.42 Å². The van der Waals surface area contributed by atoms with Crippen molar-refractivity contribution in [3.8, 4) is 0 Å². The number of rotatable bonds is 3. The molecule has 1 aliphatic heterocycles. The average molecular weight is 172 g/mol. The fourth-order valence-corrected chi connectivity index (χ4v) is 1.58. The molecule has 0 bridgehead atoms. The number of nitrogens with one attached hydrogen (secondary N) is 1. The first-order valence-corrected chi connectivity index (χ1v) is 4.32. The maximum absolute atomic E-state index is 10.7. The van der Waals surface area contributed by atoms with E-state index in [1.807, 2.05) is 0 Å². The van der Waals surface area contributed by atoms with Crippen LogP contribution >= 0.6 is 0 Å². The summed E-state index contributed by atoms with van der Waals surface area (Å²) in [4.78, 5) is 12.8. The van der Waals surface area contributed by atoms with Gasteiger partial charge in [-0.15, -0.1) is 0 Å². The zero-order chi connectivity index (χ0) is 8.97. The summed E-state index contributed by atoms with van der Waals surface area (Å²) in [5.74, 6) is 0.0332. The van der Waals surface area contributed by atoms with Crippen molar-refractivity contribution in [2.45, 2.75) is 19.4 Å². The van der Waals surface area contributed by atoms with Gasteiger partial charge in [0.05, 0.1) is 6.61 Å². The summed E-state index contributed by atoms with van der Waals surface area (Å²) in [7, 11) is 0. The van der Waals surface area contributed by atoms with E-state index in [0.717, 1.165) is 26.1 Å². The molecule has 0 saturated carbocycles. The molecule has 70 valence electrons. The third-order valence-electron chi connectivity index (χ3n) is 2.10. The highest BCUT2D eigenvalue weighted by molar-refractivity contribution is 5.73. The molecule has 1 rings (SSSR count). The minimum absolute atomic E-state index is 0.0332. The highest BCUT2D eigenvalue weighted by atomic mass is 16.3. The summed E-state index contributed by atoms with van der Waals surface area (Å²) in [5, 5.41) is 11.5. The molecular formula is C8H16N2O2. The monoisotopic (exact) mass is 172 g/mol. The molecule has 0 aromatic rings. The molecule has 1 amide bonds. The normalized spacial score (nSPS) is 24.3. The molecule has 1 atom stereocenters. The Hall–Kier alpha value is -0.610. The highest BCUT2D eigenvalue weighted by Gasteiger charge is 2.21. The Labute approximate surface area is 72.6 Å². The minimum atomic E-state index is 0.0332. The summed E-state index contributed by atoms with van der Waals surface area (Å²) in [6.45, 7) is 4.31. The Bertz CT molecular complexity index is 161. The van der Waals surface area contributed by atoms with Crippen LogP contribution in [0.15, 0.2) is 0 Å². The number of likely N-dealkylation sites (tertiary alicyclic amines) is 1. The molecule has 0 aliphatic carbocycles. The van der Waals surface area contributed by atoms with Crippen LogP contribution in [-0.4, -0.2) is 48.2 Å². The molecule has 4 nitrogen and oxygen atoms in total. The van der Waals surface area contributed by atoms with Gasteiger partial charge in [0.1, 0.15) is 0 Å². The summed E-state index contributed by atoms with van der Waals surface area (Å²) in [5.41, 5.74) is 0. The van der Waals surface area contributed by atoms with Crippen LogP contribution in [0.5, 0.6) is 0 Å². The van der Waals surface area contributed by atoms with Crippen molar-refractivity contribution in [3.05, 3.63) is 0 Å². The minimum Gasteiger partial charge on any atom is -0.395 e. The summed E-state index contributed by atoms with van der Waals surface area (Å²) in [6, 6.07) is 0.286. The fraction of sp³-hybridized carbons (Fsp3) is 0.875. The van der Waals surface area contributed by atoms with Crippen molar-refractivity contribution in [2.24, 2.45) is 0 Å². The van der Waals surface area contributed by atoms with Gasteiger partial charge in [0, 0.05) is 32.6 Å². The van der Waals surface area contributed by atoms with Crippen molar-refractivity contribution in [3.63, 3.8) is 0 Å². The Morgan fingerprint density at radius 1 is 1.75 bits per heavy atom. The van der Waals surface area contributed by atoms with Gasteiger partial charge in [-0.3, -0.25) is 9.69 Å². The topological polar surface area (TPSA) is 52.6 Å². The predicted molar refractivity (Wildman–Crippen MR) is 45.7 cm³/mol. The van der Waals surface area contributed by atoms with E-state index < -0.39 is 0 Å². The quantitative estimate of drug-likeness (QED) is 0.585. The summed E-state index contributed by atoms with van der Waals surface area (Å²) in [6.07, 6.45) is 1.000. The molecule has 0 spiro atoms. The zero-order valence-electron chi connectivity index (χ0n) is 7.42.